The third kappa shape index (κ3) is 2.03. The first kappa shape index (κ1) is 10.2. The lowest BCUT2D eigenvalue weighted by atomic mass is 10.1. The van der Waals surface area contributed by atoms with Crippen molar-refractivity contribution < 1.29 is 9.32 Å². The Morgan fingerprint density at radius 3 is 2.67 bits per heavy atom. The maximum atomic E-state index is 11.6. The highest BCUT2D eigenvalue weighted by atomic mass is 16.5. The van der Waals surface area contributed by atoms with Gasteiger partial charge in [-0.3, -0.25) is 4.79 Å². The fraction of sp³-hybridized carbons (Fsp3) is 0.636. The predicted octanol–water partition coefficient (Wildman–Crippen LogP) is 1.88. The van der Waals surface area contributed by atoms with Crippen molar-refractivity contribution in [3.63, 3.8) is 0 Å². The standard InChI is InChI=1S/C11H16N2O2/c1-6(12-11(14)9-4-5-9)10-7(2)13-15-8(10)3/h6,9H,4-5H2,1-3H3,(H,12,14). The summed E-state index contributed by atoms with van der Waals surface area (Å²) < 4.78 is 5.07. The molecule has 0 aliphatic heterocycles. The van der Waals surface area contributed by atoms with E-state index < -0.39 is 0 Å². The SMILES string of the molecule is Cc1noc(C)c1C(C)NC(=O)C1CC1. The lowest BCUT2D eigenvalue weighted by Crippen LogP contribution is -2.28. The molecule has 0 aromatic carbocycles. The van der Waals surface area contributed by atoms with Crippen LogP contribution in [0.4, 0.5) is 0 Å². The first-order valence-corrected chi connectivity index (χ1v) is 5.32. The molecule has 1 fully saturated rings. The Labute approximate surface area is 89.0 Å². The number of nitrogens with one attached hydrogen (secondary N) is 1. The fourth-order valence-electron chi connectivity index (χ4n) is 1.86. The monoisotopic (exact) mass is 208 g/mol. The minimum atomic E-state index is -0.00986. The third-order valence-corrected chi connectivity index (χ3v) is 2.83. The summed E-state index contributed by atoms with van der Waals surface area (Å²) in [5.74, 6) is 1.19. The molecule has 4 nitrogen and oxygen atoms in total. The third-order valence-electron chi connectivity index (χ3n) is 2.83. The molecule has 1 unspecified atom stereocenters. The van der Waals surface area contributed by atoms with Crippen molar-refractivity contribution in [3.05, 3.63) is 17.0 Å². The van der Waals surface area contributed by atoms with Gasteiger partial charge in [-0.1, -0.05) is 5.16 Å². The second kappa shape index (κ2) is 3.68. The first-order chi connectivity index (χ1) is 7.09. The molecule has 1 saturated carbocycles. The summed E-state index contributed by atoms with van der Waals surface area (Å²) in [6, 6.07) is -0.00986. The van der Waals surface area contributed by atoms with E-state index in [1.54, 1.807) is 0 Å². The highest BCUT2D eigenvalue weighted by molar-refractivity contribution is 5.81. The van der Waals surface area contributed by atoms with Gasteiger partial charge in [0.15, 0.2) is 0 Å². The molecule has 0 bridgehead atoms. The van der Waals surface area contributed by atoms with E-state index in [2.05, 4.69) is 10.5 Å². The lowest BCUT2D eigenvalue weighted by Gasteiger charge is -2.13. The van der Waals surface area contributed by atoms with E-state index in [4.69, 9.17) is 4.52 Å². The van der Waals surface area contributed by atoms with Gasteiger partial charge in [0, 0.05) is 11.5 Å². The molecule has 15 heavy (non-hydrogen) atoms. The Morgan fingerprint density at radius 2 is 2.20 bits per heavy atom. The average molecular weight is 208 g/mol. The number of carbonyl (C=O) groups is 1. The van der Waals surface area contributed by atoms with Crippen molar-refractivity contribution in [1.29, 1.82) is 0 Å². The van der Waals surface area contributed by atoms with E-state index in [0.29, 0.717) is 0 Å². The van der Waals surface area contributed by atoms with Crippen LogP contribution in [0.5, 0.6) is 0 Å². The van der Waals surface area contributed by atoms with Gasteiger partial charge in [-0.25, -0.2) is 0 Å². The summed E-state index contributed by atoms with van der Waals surface area (Å²) in [5, 5.41) is 6.87. The van der Waals surface area contributed by atoms with Crippen LogP contribution in [0.3, 0.4) is 0 Å². The Bertz CT molecular complexity index is 360. The van der Waals surface area contributed by atoms with Gasteiger partial charge in [-0.15, -0.1) is 0 Å². The van der Waals surface area contributed by atoms with Gasteiger partial charge in [0.05, 0.1) is 11.7 Å². The zero-order valence-electron chi connectivity index (χ0n) is 9.33. The number of nitrogens with zero attached hydrogens (tertiary/aromatic N) is 1. The molecule has 1 N–H and O–H groups in total. The molecule has 0 spiro atoms. The number of amides is 1. The van der Waals surface area contributed by atoms with Crippen molar-refractivity contribution in [2.75, 3.05) is 0 Å². The van der Waals surface area contributed by atoms with Crippen molar-refractivity contribution in [2.45, 2.75) is 39.7 Å². The van der Waals surface area contributed by atoms with E-state index in [1.807, 2.05) is 20.8 Å². The van der Waals surface area contributed by atoms with Crippen LogP contribution in [-0.2, 0) is 4.79 Å². The van der Waals surface area contributed by atoms with Crippen LogP contribution in [0, 0.1) is 19.8 Å². The molecule has 1 aromatic heterocycles. The summed E-state index contributed by atoms with van der Waals surface area (Å²) >= 11 is 0. The van der Waals surface area contributed by atoms with Gasteiger partial charge in [0.1, 0.15) is 5.76 Å². The molecule has 0 saturated heterocycles. The Morgan fingerprint density at radius 1 is 1.53 bits per heavy atom. The predicted molar refractivity (Wildman–Crippen MR) is 55.3 cm³/mol. The topological polar surface area (TPSA) is 55.1 Å². The van der Waals surface area contributed by atoms with Crippen molar-refractivity contribution in [2.24, 2.45) is 5.92 Å². The highest BCUT2D eigenvalue weighted by Crippen LogP contribution is 2.30. The second-order valence-electron chi connectivity index (χ2n) is 4.24. The largest absolute Gasteiger partial charge is 0.361 e. The maximum Gasteiger partial charge on any atom is 0.223 e. The average Bonchev–Trinajstić information content (AvgIpc) is 2.94. The van der Waals surface area contributed by atoms with E-state index >= 15 is 0 Å². The highest BCUT2D eigenvalue weighted by Gasteiger charge is 2.31. The summed E-state index contributed by atoms with van der Waals surface area (Å²) in [6.07, 6.45) is 2.06. The molecular weight excluding hydrogens is 192 g/mol. The van der Waals surface area contributed by atoms with Crippen LogP contribution in [-0.4, -0.2) is 11.1 Å². The number of carbonyl (C=O) groups excluding carboxylic acids is 1. The summed E-state index contributed by atoms with van der Waals surface area (Å²) in [5.41, 5.74) is 1.86. The number of aromatic nitrogens is 1. The smallest absolute Gasteiger partial charge is 0.223 e. The van der Waals surface area contributed by atoms with E-state index in [1.165, 1.54) is 0 Å². The zero-order chi connectivity index (χ0) is 11.0. The van der Waals surface area contributed by atoms with Crippen LogP contribution in [0.25, 0.3) is 0 Å². The maximum absolute atomic E-state index is 11.6. The van der Waals surface area contributed by atoms with Crippen LogP contribution in [0.15, 0.2) is 4.52 Å². The van der Waals surface area contributed by atoms with E-state index in [-0.39, 0.29) is 17.9 Å². The molecule has 1 aromatic rings. The van der Waals surface area contributed by atoms with Gasteiger partial charge >= 0.3 is 0 Å². The van der Waals surface area contributed by atoms with Crippen molar-refractivity contribution >= 4 is 5.91 Å². The first-order valence-electron chi connectivity index (χ1n) is 5.32. The molecule has 1 aliphatic carbocycles. The normalized spacial score (nSPS) is 17.5. The van der Waals surface area contributed by atoms with Gasteiger partial charge in [-0.05, 0) is 33.6 Å². The summed E-state index contributed by atoms with van der Waals surface area (Å²) in [4.78, 5) is 11.6. The molecular formula is C11H16N2O2. The number of hydrogen-bond donors (Lipinski definition) is 1. The van der Waals surface area contributed by atoms with Crippen LogP contribution < -0.4 is 5.32 Å². The molecule has 1 heterocycles. The number of hydrogen-bond acceptors (Lipinski definition) is 3. The molecule has 2 rings (SSSR count). The quantitative estimate of drug-likeness (QED) is 0.825. The van der Waals surface area contributed by atoms with E-state index in [9.17, 15) is 4.79 Å². The van der Waals surface area contributed by atoms with E-state index in [0.717, 1.165) is 29.9 Å². The summed E-state index contributed by atoms with van der Waals surface area (Å²) in [6.45, 7) is 5.73. The Hall–Kier alpha value is -1.32. The van der Waals surface area contributed by atoms with Crippen LogP contribution in [0.2, 0.25) is 0 Å². The molecule has 1 atom stereocenters. The number of aryl methyl sites for hydroxylation is 2. The lowest BCUT2D eigenvalue weighted by molar-refractivity contribution is -0.122. The summed E-state index contributed by atoms with van der Waals surface area (Å²) in [7, 11) is 0. The molecule has 82 valence electrons. The van der Waals surface area contributed by atoms with Crippen molar-refractivity contribution in [3.8, 4) is 0 Å². The molecule has 0 radical (unpaired) electrons. The molecule has 1 aliphatic rings. The van der Waals surface area contributed by atoms with Crippen molar-refractivity contribution in [1.82, 2.24) is 10.5 Å². The van der Waals surface area contributed by atoms with Gasteiger partial charge in [0.2, 0.25) is 5.91 Å². The Kier molecular flexibility index (Phi) is 2.50. The van der Waals surface area contributed by atoms with Gasteiger partial charge < -0.3 is 9.84 Å². The Balaban J connectivity index is 2.06. The molecule has 4 heteroatoms. The number of rotatable bonds is 3. The van der Waals surface area contributed by atoms with Gasteiger partial charge in [-0.2, -0.15) is 0 Å². The minimum Gasteiger partial charge on any atom is -0.361 e. The minimum absolute atomic E-state index is 0.00986. The fourth-order valence-corrected chi connectivity index (χ4v) is 1.86. The zero-order valence-corrected chi connectivity index (χ0v) is 9.33. The van der Waals surface area contributed by atoms with Crippen LogP contribution >= 0.6 is 0 Å². The van der Waals surface area contributed by atoms with Crippen LogP contribution in [0.1, 0.15) is 42.8 Å². The molecule has 1 amide bonds. The van der Waals surface area contributed by atoms with Gasteiger partial charge in [0.25, 0.3) is 0 Å². The second-order valence-corrected chi connectivity index (χ2v) is 4.24.